The quantitative estimate of drug-likeness (QED) is 0.0262. The van der Waals surface area contributed by atoms with Crippen LogP contribution in [0.2, 0.25) is 0 Å². The molecule has 0 aromatic heterocycles. The van der Waals surface area contributed by atoms with Crippen LogP contribution in [-0.4, -0.2) is 37.2 Å². The fraction of sp³-hybridized carbons (Fsp3) is 0.750. The molecule has 6 nitrogen and oxygen atoms in total. The van der Waals surface area contributed by atoms with Gasteiger partial charge in [-0.05, 0) is 77.0 Å². The van der Waals surface area contributed by atoms with Gasteiger partial charge in [-0.1, -0.05) is 248 Å². The summed E-state index contributed by atoms with van der Waals surface area (Å²) in [6.07, 6.45) is 69.1. The predicted octanol–water partition coefficient (Wildman–Crippen LogP) is 18.6. The van der Waals surface area contributed by atoms with Crippen LogP contribution in [0.3, 0.4) is 0 Å². The number of ether oxygens (including phenoxy) is 3. The molecule has 1 unspecified atom stereocenters. The molecule has 0 aliphatic rings. The van der Waals surface area contributed by atoms with E-state index in [0.29, 0.717) is 19.3 Å². The fourth-order valence-electron chi connectivity index (χ4n) is 7.78. The number of hydrogen-bond donors (Lipinski definition) is 0. The largest absolute Gasteiger partial charge is 0.462 e. The van der Waals surface area contributed by atoms with E-state index in [1.54, 1.807) is 0 Å². The highest BCUT2D eigenvalue weighted by atomic mass is 16.6. The van der Waals surface area contributed by atoms with Gasteiger partial charge in [0.05, 0.1) is 0 Å². The maximum Gasteiger partial charge on any atom is 0.306 e. The summed E-state index contributed by atoms with van der Waals surface area (Å²) >= 11 is 0. The van der Waals surface area contributed by atoms with E-state index in [-0.39, 0.29) is 31.6 Å². The Morgan fingerprint density at radius 1 is 0.318 bits per heavy atom. The first-order chi connectivity index (χ1) is 32.5. The van der Waals surface area contributed by atoms with Crippen LogP contribution in [0.1, 0.15) is 271 Å². The Balaban J connectivity index is 4.46. The van der Waals surface area contributed by atoms with Gasteiger partial charge < -0.3 is 14.2 Å². The first-order valence-electron chi connectivity index (χ1n) is 27.9. The van der Waals surface area contributed by atoms with Crippen molar-refractivity contribution in [2.45, 2.75) is 277 Å². The maximum absolute atomic E-state index is 12.8. The molecule has 0 N–H and O–H groups in total. The summed E-state index contributed by atoms with van der Waals surface area (Å²) in [5, 5.41) is 0. The fourth-order valence-corrected chi connectivity index (χ4v) is 7.78. The highest BCUT2D eigenvalue weighted by Gasteiger charge is 2.19. The van der Waals surface area contributed by atoms with Gasteiger partial charge in [-0.15, -0.1) is 0 Å². The zero-order chi connectivity index (χ0) is 47.9. The van der Waals surface area contributed by atoms with E-state index in [9.17, 15) is 14.4 Å². The molecule has 0 saturated heterocycles. The monoisotopic (exact) mass is 921 g/mol. The summed E-state index contributed by atoms with van der Waals surface area (Å²) in [6, 6.07) is 0. The number of allylic oxidation sites excluding steroid dienone is 12. The van der Waals surface area contributed by atoms with Gasteiger partial charge in [0.15, 0.2) is 6.10 Å². The Hall–Kier alpha value is -3.15. The van der Waals surface area contributed by atoms with Crippen LogP contribution in [0.5, 0.6) is 0 Å². The molecule has 0 amide bonds. The third kappa shape index (κ3) is 51.8. The zero-order valence-electron chi connectivity index (χ0n) is 43.4. The minimum Gasteiger partial charge on any atom is -0.462 e. The topological polar surface area (TPSA) is 78.9 Å². The molecule has 0 rings (SSSR count). The van der Waals surface area contributed by atoms with Gasteiger partial charge in [0.25, 0.3) is 0 Å². The van der Waals surface area contributed by atoms with Crippen LogP contribution >= 0.6 is 0 Å². The third-order valence-electron chi connectivity index (χ3n) is 12.0. The highest BCUT2D eigenvalue weighted by Crippen LogP contribution is 2.16. The molecule has 6 heteroatoms. The summed E-state index contributed by atoms with van der Waals surface area (Å²) in [5.74, 6) is -1.00. The Labute approximate surface area is 408 Å². The molecule has 0 aliphatic heterocycles. The van der Waals surface area contributed by atoms with Crippen LogP contribution < -0.4 is 0 Å². The average molecular weight is 921 g/mol. The maximum atomic E-state index is 12.8. The number of hydrogen-bond acceptors (Lipinski definition) is 6. The Morgan fingerprint density at radius 3 is 1.00 bits per heavy atom. The van der Waals surface area contributed by atoms with Crippen LogP contribution in [0, 0.1) is 0 Å². The summed E-state index contributed by atoms with van der Waals surface area (Å²) in [7, 11) is 0. The van der Waals surface area contributed by atoms with Crippen molar-refractivity contribution >= 4 is 17.9 Å². The van der Waals surface area contributed by atoms with E-state index < -0.39 is 12.1 Å². The van der Waals surface area contributed by atoms with Crippen molar-refractivity contribution < 1.29 is 28.6 Å². The van der Waals surface area contributed by atoms with Crippen molar-refractivity contribution in [3.63, 3.8) is 0 Å². The molecule has 0 aromatic carbocycles. The van der Waals surface area contributed by atoms with Gasteiger partial charge in [0, 0.05) is 19.3 Å². The number of rotatable bonds is 50. The van der Waals surface area contributed by atoms with Gasteiger partial charge in [0.2, 0.25) is 0 Å². The lowest BCUT2D eigenvalue weighted by Gasteiger charge is -2.18. The Kier molecular flexibility index (Phi) is 51.9. The molecule has 0 saturated carbocycles. The van der Waals surface area contributed by atoms with Crippen LogP contribution in [0.25, 0.3) is 0 Å². The predicted molar refractivity (Wildman–Crippen MR) is 284 cm³/mol. The van der Waals surface area contributed by atoms with Gasteiger partial charge >= 0.3 is 17.9 Å². The average Bonchev–Trinajstić information content (AvgIpc) is 3.31. The molecular weight excluding hydrogens is 817 g/mol. The molecule has 0 bridgehead atoms. The van der Waals surface area contributed by atoms with Gasteiger partial charge in [-0.2, -0.15) is 0 Å². The van der Waals surface area contributed by atoms with Crippen molar-refractivity contribution in [1.29, 1.82) is 0 Å². The van der Waals surface area contributed by atoms with E-state index in [0.717, 1.165) is 83.5 Å². The van der Waals surface area contributed by atoms with Gasteiger partial charge in [0.1, 0.15) is 13.2 Å². The van der Waals surface area contributed by atoms with Crippen LogP contribution in [0.4, 0.5) is 0 Å². The van der Waals surface area contributed by atoms with Crippen molar-refractivity contribution in [2.75, 3.05) is 13.2 Å². The lowest BCUT2D eigenvalue weighted by atomic mass is 10.0. The highest BCUT2D eigenvalue weighted by molar-refractivity contribution is 5.71. The lowest BCUT2D eigenvalue weighted by molar-refractivity contribution is -0.166. The van der Waals surface area contributed by atoms with Crippen LogP contribution in [-0.2, 0) is 28.6 Å². The normalized spacial score (nSPS) is 12.6. The first-order valence-corrected chi connectivity index (χ1v) is 27.9. The van der Waals surface area contributed by atoms with E-state index in [4.69, 9.17) is 14.2 Å². The first kappa shape index (κ1) is 62.8. The summed E-state index contributed by atoms with van der Waals surface area (Å²) in [4.78, 5) is 38.0. The SMILES string of the molecule is CC/C=C\C/C=C\C/C=C\C/C=C\C/C=C\CCC(=O)OC(COC(=O)CCCCC/C=C\CCCCCCCCC)COC(=O)CCCCCCCCCCCCCCCCCCCC. The van der Waals surface area contributed by atoms with E-state index in [2.05, 4.69) is 87.6 Å². The smallest absolute Gasteiger partial charge is 0.306 e. The molecule has 0 aliphatic carbocycles. The van der Waals surface area contributed by atoms with Gasteiger partial charge in [-0.3, -0.25) is 14.4 Å². The molecular formula is C60H104O6. The Bertz CT molecular complexity index is 1240. The minimum absolute atomic E-state index is 0.107. The molecule has 0 fully saturated rings. The summed E-state index contributed by atoms with van der Waals surface area (Å²) < 4.78 is 16.8. The van der Waals surface area contributed by atoms with Crippen LogP contribution in [0.15, 0.2) is 72.9 Å². The minimum atomic E-state index is -0.819. The standard InChI is InChI=1S/C60H104O6/c1-4-7-10-13-16-19-22-25-28-30-31-33-35-38-41-44-47-50-53-59(62)65-56-57(55-64-58(61)52-49-46-43-40-37-34-27-24-21-18-15-12-9-6-3)66-60(63)54-51-48-45-42-39-36-32-29-26-23-20-17-14-11-8-5-2/h8,11,17,20,26,29,34,36-37,39,45,48,57H,4-7,9-10,12-16,18-19,21-25,27-28,30-33,35,38,40-44,46-47,49-56H2,1-3H3/b11-8-,20-17-,29-26-,37-34-,39-36-,48-45-. The Morgan fingerprint density at radius 2 is 0.621 bits per heavy atom. The molecule has 0 spiro atoms. The molecule has 1 atom stereocenters. The third-order valence-corrected chi connectivity index (χ3v) is 12.0. The second kappa shape index (κ2) is 54.5. The number of carbonyl (C=O) groups is 3. The van der Waals surface area contributed by atoms with Crippen molar-refractivity contribution in [1.82, 2.24) is 0 Å². The molecule has 0 heterocycles. The van der Waals surface area contributed by atoms with Crippen molar-refractivity contribution in [3.05, 3.63) is 72.9 Å². The van der Waals surface area contributed by atoms with E-state index in [1.807, 2.05) is 6.08 Å². The van der Waals surface area contributed by atoms with Gasteiger partial charge in [-0.25, -0.2) is 0 Å². The molecule has 0 aromatic rings. The number of esters is 3. The number of carbonyl (C=O) groups excluding carboxylic acids is 3. The second-order valence-corrected chi connectivity index (χ2v) is 18.5. The summed E-state index contributed by atoms with van der Waals surface area (Å²) in [6.45, 7) is 6.47. The summed E-state index contributed by atoms with van der Waals surface area (Å²) in [5.41, 5.74) is 0. The molecule has 0 radical (unpaired) electrons. The van der Waals surface area contributed by atoms with Crippen molar-refractivity contribution in [3.8, 4) is 0 Å². The lowest BCUT2D eigenvalue weighted by Crippen LogP contribution is -2.30. The molecule has 380 valence electrons. The zero-order valence-corrected chi connectivity index (χ0v) is 43.4. The number of unbranched alkanes of at least 4 members (excludes halogenated alkanes) is 27. The van der Waals surface area contributed by atoms with Crippen molar-refractivity contribution in [2.24, 2.45) is 0 Å². The second-order valence-electron chi connectivity index (χ2n) is 18.5. The van der Waals surface area contributed by atoms with E-state index >= 15 is 0 Å². The van der Waals surface area contributed by atoms with E-state index in [1.165, 1.54) is 141 Å². The molecule has 66 heavy (non-hydrogen) atoms.